The molecule has 0 fully saturated rings. The number of carbonyl (C=O) groups excluding carboxylic acids is 1. The van der Waals surface area contributed by atoms with Gasteiger partial charge in [-0.1, -0.05) is 103 Å². The molecule has 0 amide bonds. The van der Waals surface area contributed by atoms with Gasteiger partial charge < -0.3 is 14.5 Å². The van der Waals surface area contributed by atoms with Gasteiger partial charge >= 0.3 is 5.97 Å². The number of para-hydroxylation sites is 4. The minimum Gasteiger partial charge on any atom is -0.465 e. The summed E-state index contributed by atoms with van der Waals surface area (Å²) >= 11 is 0. The lowest BCUT2D eigenvalue weighted by Crippen LogP contribution is -2.25. The van der Waals surface area contributed by atoms with E-state index in [1.165, 1.54) is 18.2 Å². The zero-order valence-electron chi connectivity index (χ0n) is 23.1. The first kappa shape index (κ1) is 25.4. The summed E-state index contributed by atoms with van der Waals surface area (Å²) in [5, 5.41) is 0. The van der Waals surface area contributed by atoms with Crippen LogP contribution in [0.3, 0.4) is 0 Å². The van der Waals surface area contributed by atoms with Gasteiger partial charge in [0.2, 0.25) is 0 Å². The second-order valence-corrected chi connectivity index (χ2v) is 10.2. The van der Waals surface area contributed by atoms with Crippen molar-refractivity contribution in [3.05, 3.63) is 157 Å². The highest BCUT2D eigenvalue weighted by molar-refractivity contribution is 6.06. The van der Waals surface area contributed by atoms with Crippen molar-refractivity contribution in [1.29, 1.82) is 0 Å². The molecule has 0 bridgehead atoms. The maximum absolute atomic E-state index is 13.3. The molecule has 6 aromatic carbocycles. The number of anilines is 6. The fourth-order valence-electron chi connectivity index (χ4n) is 5.73. The highest BCUT2D eigenvalue weighted by Crippen LogP contribution is 2.54. The Kier molecular flexibility index (Phi) is 6.49. The zero-order valence-corrected chi connectivity index (χ0v) is 23.1. The summed E-state index contributed by atoms with van der Waals surface area (Å²) in [7, 11) is 1.43. The summed E-state index contributed by atoms with van der Waals surface area (Å²) < 4.78 is 5.30. The molecule has 6 aromatic rings. The number of rotatable bonds is 5. The molecule has 0 saturated heterocycles. The third kappa shape index (κ3) is 4.40. The van der Waals surface area contributed by atoms with Gasteiger partial charge in [-0.3, -0.25) is 0 Å². The molecule has 1 aliphatic heterocycles. The van der Waals surface area contributed by atoms with E-state index in [-0.39, 0.29) is 5.97 Å². The fraction of sp³-hybridized carbons (Fsp3) is 0.0263. The van der Waals surface area contributed by atoms with Crippen LogP contribution in [-0.4, -0.2) is 13.1 Å². The summed E-state index contributed by atoms with van der Waals surface area (Å²) in [6.45, 7) is 0. The first-order chi connectivity index (χ1) is 20.7. The molecule has 0 N–H and O–H groups in total. The number of methoxy groups -OCH3 is 1. The molecule has 0 radical (unpaired) electrons. The van der Waals surface area contributed by atoms with Crippen LogP contribution in [0.1, 0.15) is 10.4 Å². The SMILES string of the molecule is COC(=O)c1cc(-c2ccccc2)ccc1N1c2ccccc2N(c2ccc(-c3ccccc3)cc2)c2ccccc21. The first-order valence-electron chi connectivity index (χ1n) is 13.9. The van der Waals surface area contributed by atoms with Crippen LogP contribution in [0, 0.1) is 0 Å². The van der Waals surface area contributed by atoms with Crippen LogP contribution in [0.25, 0.3) is 22.3 Å². The number of fused-ring (bicyclic) bond motifs is 2. The number of hydrogen-bond acceptors (Lipinski definition) is 4. The molecular formula is C38H28N2O2. The van der Waals surface area contributed by atoms with E-state index in [1.54, 1.807) is 0 Å². The molecule has 0 spiro atoms. The first-order valence-corrected chi connectivity index (χ1v) is 13.9. The van der Waals surface area contributed by atoms with Gasteiger partial charge in [0.05, 0.1) is 41.1 Å². The number of benzene rings is 6. The van der Waals surface area contributed by atoms with E-state index in [2.05, 4.69) is 101 Å². The van der Waals surface area contributed by atoms with Crippen LogP contribution >= 0.6 is 0 Å². The molecule has 0 atom stereocenters. The van der Waals surface area contributed by atoms with Gasteiger partial charge in [-0.15, -0.1) is 0 Å². The van der Waals surface area contributed by atoms with Crippen LogP contribution in [-0.2, 0) is 4.74 Å². The summed E-state index contributed by atoms with van der Waals surface area (Å²) in [6.07, 6.45) is 0. The number of esters is 1. The zero-order chi connectivity index (χ0) is 28.5. The average Bonchev–Trinajstić information content (AvgIpc) is 3.07. The van der Waals surface area contributed by atoms with Crippen molar-refractivity contribution in [2.75, 3.05) is 16.9 Å². The lowest BCUT2D eigenvalue weighted by atomic mass is 9.98. The minimum absolute atomic E-state index is 0.378. The van der Waals surface area contributed by atoms with Crippen LogP contribution in [0.4, 0.5) is 34.1 Å². The summed E-state index contributed by atoms with van der Waals surface area (Å²) in [5.41, 5.74) is 10.7. The Hall–Kier alpha value is -5.61. The molecule has 202 valence electrons. The number of hydrogen-bond donors (Lipinski definition) is 0. The van der Waals surface area contributed by atoms with Crippen LogP contribution in [0.5, 0.6) is 0 Å². The van der Waals surface area contributed by atoms with Crippen molar-refractivity contribution in [3.8, 4) is 22.3 Å². The second kappa shape index (κ2) is 10.8. The molecule has 7 rings (SSSR count). The Bertz CT molecular complexity index is 1840. The van der Waals surface area contributed by atoms with Crippen molar-refractivity contribution >= 4 is 40.1 Å². The Morgan fingerprint density at radius 2 is 0.881 bits per heavy atom. The van der Waals surface area contributed by atoms with Crippen molar-refractivity contribution in [3.63, 3.8) is 0 Å². The van der Waals surface area contributed by atoms with E-state index < -0.39 is 0 Å². The summed E-state index contributed by atoms with van der Waals surface area (Å²) in [6, 6.07) is 51.8. The normalized spacial score (nSPS) is 11.9. The van der Waals surface area contributed by atoms with Crippen LogP contribution in [0.15, 0.2) is 152 Å². The van der Waals surface area contributed by atoms with E-state index in [9.17, 15) is 4.79 Å². The Labute approximate surface area is 245 Å². The lowest BCUT2D eigenvalue weighted by Gasteiger charge is -2.40. The Morgan fingerprint density at radius 3 is 1.40 bits per heavy atom. The topological polar surface area (TPSA) is 32.8 Å². The van der Waals surface area contributed by atoms with Gasteiger partial charge in [0.1, 0.15) is 0 Å². The Balaban J connectivity index is 1.38. The predicted octanol–water partition coefficient (Wildman–Crippen LogP) is 10.1. The van der Waals surface area contributed by atoms with Gasteiger partial charge in [-0.05, 0) is 70.8 Å². The van der Waals surface area contributed by atoms with Crippen molar-refractivity contribution in [2.24, 2.45) is 0 Å². The quantitative estimate of drug-likeness (QED) is 0.202. The van der Waals surface area contributed by atoms with Crippen LogP contribution < -0.4 is 9.80 Å². The Morgan fingerprint density at radius 1 is 0.452 bits per heavy atom. The van der Waals surface area contributed by atoms with Gasteiger partial charge in [0.25, 0.3) is 0 Å². The maximum atomic E-state index is 13.3. The van der Waals surface area contributed by atoms with E-state index in [0.29, 0.717) is 5.56 Å². The molecule has 4 heteroatoms. The summed E-state index contributed by atoms with van der Waals surface area (Å²) in [4.78, 5) is 17.7. The molecule has 0 unspecified atom stereocenters. The number of carbonyl (C=O) groups is 1. The van der Waals surface area contributed by atoms with Gasteiger partial charge in [0.15, 0.2) is 0 Å². The van der Waals surface area contributed by atoms with Gasteiger partial charge in [-0.25, -0.2) is 4.79 Å². The molecule has 0 saturated carbocycles. The van der Waals surface area contributed by atoms with Crippen molar-refractivity contribution in [1.82, 2.24) is 0 Å². The third-order valence-electron chi connectivity index (χ3n) is 7.71. The van der Waals surface area contributed by atoms with Gasteiger partial charge in [-0.2, -0.15) is 0 Å². The maximum Gasteiger partial charge on any atom is 0.340 e. The smallest absolute Gasteiger partial charge is 0.340 e. The van der Waals surface area contributed by atoms with Crippen LogP contribution in [0.2, 0.25) is 0 Å². The second-order valence-electron chi connectivity index (χ2n) is 10.2. The van der Waals surface area contributed by atoms with E-state index in [1.807, 2.05) is 60.7 Å². The molecule has 1 aliphatic rings. The molecule has 1 heterocycles. The molecular weight excluding hydrogens is 516 g/mol. The highest BCUT2D eigenvalue weighted by Gasteiger charge is 2.32. The summed E-state index contributed by atoms with van der Waals surface area (Å²) in [5.74, 6) is -0.378. The van der Waals surface area contributed by atoms with Gasteiger partial charge in [0, 0.05) is 5.69 Å². The standard InChI is InChI=1S/C38H28N2O2/c1-42-38(41)32-26-30(28-14-6-3-7-15-28)22-25-33(32)40-36-18-10-8-16-34(36)39(35-17-9-11-19-37(35)40)31-23-20-29(21-24-31)27-12-4-2-5-13-27/h2-26H,1H3. The third-order valence-corrected chi connectivity index (χ3v) is 7.71. The van der Waals surface area contributed by atoms with E-state index in [0.717, 1.165) is 45.3 Å². The monoisotopic (exact) mass is 544 g/mol. The largest absolute Gasteiger partial charge is 0.465 e. The number of nitrogens with zero attached hydrogens (tertiary/aromatic N) is 2. The molecule has 42 heavy (non-hydrogen) atoms. The molecule has 0 aliphatic carbocycles. The van der Waals surface area contributed by atoms with Crippen molar-refractivity contribution in [2.45, 2.75) is 0 Å². The van der Waals surface area contributed by atoms with Crippen molar-refractivity contribution < 1.29 is 9.53 Å². The predicted molar refractivity (Wildman–Crippen MR) is 172 cm³/mol. The van der Waals surface area contributed by atoms with E-state index >= 15 is 0 Å². The highest BCUT2D eigenvalue weighted by atomic mass is 16.5. The minimum atomic E-state index is -0.378. The number of ether oxygens (including phenoxy) is 1. The fourth-order valence-corrected chi connectivity index (χ4v) is 5.73. The van der Waals surface area contributed by atoms with E-state index in [4.69, 9.17) is 4.74 Å². The lowest BCUT2D eigenvalue weighted by molar-refractivity contribution is 0.0601. The molecule has 4 nitrogen and oxygen atoms in total. The molecule has 0 aromatic heterocycles. The average molecular weight is 545 g/mol.